The molecule has 2 heterocycles. The third kappa shape index (κ3) is 4.02. The van der Waals surface area contributed by atoms with Crippen molar-refractivity contribution in [3.8, 4) is 17.0 Å². The number of benzene rings is 1. The van der Waals surface area contributed by atoms with Crippen molar-refractivity contribution in [1.29, 1.82) is 0 Å². The minimum atomic E-state index is 0.517. The summed E-state index contributed by atoms with van der Waals surface area (Å²) >= 11 is 1.68. The Kier molecular flexibility index (Phi) is 5.27. The molecule has 3 rings (SSSR count). The second-order valence-corrected chi connectivity index (χ2v) is 6.05. The van der Waals surface area contributed by atoms with Crippen molar-refractivity contribution in [2.75, 3.05) is 24.7 Å². The van der Waals surface area contributed by atoms with E-state index < -0.39 is 0 Å². The van der Waals surface area contributed by atoms with E-state index in [-0.39, 0.29) is 0 Å². The Morgan fingerprint density at radius 2 is 2.08 bits per heavy atom. The van der Waals surface area contributed by atoms with Crippen LogP contribution in [-0.4, -0.2) is 44.1 Å². The maximum Gasteiger partial charge on any atom is 0.243 e. The van der Waals surface area contributed by atoms with E-state index in [4.69, 9.17) is 4.74 Å². The first-order chi connectivity index (χ1) is 11.8. The van der Waals surface area contributed by atoms with E-state index in [0.717, 1.165) is 34.5 Å². The molecule has 124 valence electrons. The van der Waals surface area contributed by atoms with Crippen LogP contribution in [0.15, 0.2) is 48.0 Å². The first kappa shape index (κ1) is 16.3. The molecule has 0 bridgehead atoms. The highest BCUT2D eigenvalue weighted by molar-refractivity contribution is 7.99. The summed E-state index contributed by atoms with van der Waals surface area (Å²) < 4.78 is 7.16. The molecule has 1 aromatic carbocycles. The molecule has 0 aliphatic carbocycles. The first-order valence-electron chi connectivity index (χ1n) is 7.44. The Morgan fingerprint density at radius 3 is 2.79 bits per heavy atom. The molecule has 0 saturated heterocycles. The molecule has 0 spiro atoms. The van der Waals surface area contributed by atoms with Gasteiger partial charge in [0.25, 0.3) is 0 Å². The second-order valence-electron chi connectivity index (χ2n) is 4.99. The summed E-state index contributed by atoms with van der Waals surface area (Å²) in [5.74, 6) is 2.19. The summed E-state index contributed by atoms with van der Waals surface area (Å²) in [6.45, 7) is 0.727. The van der Waals surface area contributed by atoms with E-state index in [1.807, 2.05) is 42.1 Å². The number of ether oxygens (including phenoxy) is 1. The van der Waals surface area contributed by atoms with E-state index >= 15 is 0 Å². The van der Waals surface area contributed by atoms with Crippen molar-refractivity contribution in [3.05, 3.63) is 42.9 Å². The molecule has 0 amide bonds. The van der Waals surface area contributed by atoms with Crippen LogP contribution in [0.1, 0.15) is 0 Å². The number of nitrogens with one attached hydrogen (secondary N) is 1. The molecule has 0 saturated carbocycles. The number of hydrogen-bond acceptors (Lipinski definition) is 7. The van der Waals surface area contributed by atoms with Gasteiger partial charge in [-0.15, -0.1) is 5.10 Å². The van der Waals surface area contributed by atoms with Crippen LogP contribution in [0.3, 0.4) is 0 Å². The van der Waals surface area contributed by atoms with Crippen molar-refractivity contribution < 1.29 is 4.74 Å². The minimum absolute atomic E-state index is 0.517. The van der Waals surface area contributed by atoms with Gasteiger partial charge in [0, 0.05) is 37.3 Å². The van der Waals surface area contributed by atoms with Gasteiger partial charge in [0.2, 0.25) is 5.95 Å². The summed E-state index contributed by atoms with van der Waals surface area (Å²) in [6, 6.07) is 7.69. The number of methoxy groups -OCH3 is 1. The third-order valence-electron chi connectivity index (χ3n) is 3.34. The zero-order valence-electron chi connectivity index (χ0n) is 13.5. The Morgan fingerprint density at radius 1 is 1.25 bits per heavy atom. The van der Waals surface area contributed by atoms with Gasteiger partial charge in [0.15, 0.2) is 5.16 Å². The highest BCUT2D eigenvalue weighted by Crippen LogP contribution is 2.20. The fourth-order valence-corrected chi connectivity index (χ4v) is 2.86. The number of aryl methyl sites for hydroxylation is 1. The monoisotopic (exact) mass is 342 g/mol. The van der Waals surface area contributed by atoms with Gasteiger partial charge in [0.1, 0.15) is 5.75 Å². The normalized spacial score (nSPS) is 10.6. The molecule has 7 nitrogen and oxygen atoms in total. The summed E-state index contributed by atoms with van der Waals surface area (Å²) in [6.07, 6.45) is 5.37. The van der Waals surface area contributed by atoms with Crippen LogP contribution >= 0.6 is 11.8 Å². The number of aromatic nitrogens is 5. The predicted molar refractivity (Wildman–Crippen MR) is 94.2 cm³/mol. The SMILES string of the molecule is COc1ccc(-c2cnnc(NCCSc3nccn3C)n2)cc1. The molecule has 0 radical (unpaired) electrons. The molecule has 0 atom stereocenters. The van der Waals surface area contributed by atoms with Gasteiger partial charge in [-0.25, -0.2) is 9.97 Å². The molecule has 0 aliphatic heterocycles. The summed E-state index contributed by atoms with van der Waals surface area (Å²) in [7, 11) is 3.63. The molecule has 24 heavy (non-hydrogen) atoms. The van der Waals surface area contributed by atoms with Gasteiger partial charge in [0.05, 0.1) is 19.0 Å². The van der Waals surface area contributed by atoms with Crippen LogP contribution in [-0.2, 0) is 7.05 Å². The van der Waals surface area contributed by atoms with Crippen molar-refractivity contribution in [2.24, 2.45) is 7.05 Å². The van der Waals surface area contributed by atoms with Crippen molar-refractivity contribution in [2.45, 2.75) is 5.16 Å². The average Bonchev–Trinajstić information content (AvgIpc) is 3.04. The molecular weight excluding hydrogens is 324 g/mol. The predicted octanol–water partition coefficient (Wildman–Crippen LogP) is 2.48. The number of rotatable bonds is 7. The van der Waals surface area contributed by atoms with Crippen molar-refractivity contribution in [1.82, 2.24) is 24.7 Å². The zero-order chi connectivity index (χ0) is 16.8. The van der Waals surface area contributed by atoms with Gasteiger partial charge in [-0.2, -0.15) is 5.10 Å². The van der Waals surface area contributed by atoms with Crippen molar-refractivity contribution in [3.63, 3.8) is 0 Å². The lowest BCUT2D eigenvalue weighted by Gasteiger charge is -2.06. The van der Waals surface area contributed by atoms with Crippen LogP contribution in [0.4, 0.5) is 5.95 Å². The highest BCUT2D eigenvalue weighted by atomic mass is 32.2. The van der Waals surface area contributed by atoms with Gasteiger partial charge in [-0.05, 0) is 24.3 Å². The molecule has 3 aromatic rings. The van der Waals surface area contributed by atoms with Gasteiger partial charge in [-0.3, -0.25) is 0 Å². The Hall–Kier alpha value is -2.61. The van der Waals surface area contributed by atoms with E-state index in [0.29, 0.717) is 5.95 Å². The van der Waals surface area contributed by atoms with Crippen LogP contribution < -0.4 is 10.1 Å². The van der Waals surface area contributed by atoms with E-state index in [9.17, 15) is 0 Å². The van der Waals surface area contributed by atoms with E-state index in [1.54, 1.807) is 31.3 Å². The molecule has 0 unspecified atom stereocenters. The lowest BCUT2D eigenvalue weighted by molar-refractivity contribution is 0.415. The lowest BCUT2D eigenvalue weighted by atomic mass is 10.1. The largest absolute Gasteiger partial charge is 0.497 e. The maximum absolute atomic E-state index is 5.16. The van der Waals surface area contributed by atoms with Crippen molar-refractivity contribution >= 4 is 17.7 Å². The second kappa shape index (κ2) is 7.78. The number of hydrogen-bond donors (Lipinski definition) is 1. The fourth-order valence-electron chi connectivity index (χ4n) is 2.08. The summed E-state index contributed by atoms with van der Waals surface area (Å²) in [5.41, 5.74) is 1.74. The third-order valence-corrected chi connectivity index (χ3v) is 4.40. The zero-order valence-corrected chi connectivity index (χ0v) is 14.3. The number of anilines is 1. The molecule has 0 aliphatic rings. The van der Waals surface area contributed by atoms with Crippen LogP contribution in [0.2, 0.25) is 0 Å². The lowest BCUT2D eigenvalue weighted by Crippen LogP contribution is -2.09. The Bertz CT molecular complexity index is 789. The summed E-state index contributed by atoms with van der Waals surface area (Å²) in [4.78, 5) is 8.77. The Balaban J connectivity index is 1.57. The Labute approximate surface area is 144 Å². The van der Waals surface area contributed by atoms with Crippen LogP contribution in [0, 0.1) is 0 Å². The topological polar surface area (TPSA) is 77.8 Å². The fraction of sp³-hybridized carbons (Fsp3) is 0.250. The molecule has 0 fully saturated rings. The standard InChI is InChI=1S/C16H18N6OS/c1-22-9-7-18-16(22)24-10-8-17-15-20-14(11-19-21-15)12-3-5-13(23-2)6-4-12/h3-7,9,11H,8,10H2,1-2H3,(H,17,20,21). The van der Waals surface area contributed by atoms with Gasteiger partial charge >= 0.3 is 0 Å². The van der Waals surface area contributed by atoms with Crippen LogP contribution in [0.5, 0.6) is 5.75 Å². The smallest absolute Gasteiger partial charge is 0.243 e. The summed E-state index contributed by atoms with van der Waals surface area (Å²) in [5, 5.41) is 12.2. The van der Waals surface area contributed by atoms with E-state index in [2.05, 4.69) is 25.5 Å². The van der Waals surface area contributed by atoms with Crippen LogP contribution in [0.25, 0.3) is 11.3 Å². The molecule has 8 heteroatoms. The van der Waals surface area contributed by atoms with Gasteiger partial charge in [-0.1, -0.05) is 11.8 Å². The molecular formula is C16H18N6OS. The minimum Gasteiger partial charge on any atom is -0.497 e. The highest BCUT2D eigenvalue weighted by Gasteiger charge is 2.04. The van der Waals surface area contributed by atoms with E-state index in [1.165, 1.54) is 0 Å². The molecule has 1 N–H and O–H groups in total. The maximum atomic E-state index is 5.16. The number of nitrogens with zero attached hydrogens (tertiary/aromatic N) is 5. The average molecular weight is 342 g/mol. The quantitative estimate of drug-likeness (QED) is 0.522. The number of imidazole rings is 1. The first-order valence-corrected chi connectivity index (χ1v) is 8.43. The number of thioether (sulfide) groups is 1. The molecule has 2 aromatic heterocycles. The van der Waals surface area contributed by atoms with Gasteiger partial charge < -0.3 is 14.6 Å².